The maximum Gasteiger partial charge on any atom is 0.264 e. The van der Waals surface area contributed by atoms with Crippen molar-refractivity contribution >= 4 is 10.9 Å². The number of hydrogen-bond acceptors (Lipinski definition) is 4. The minimum atomic E-state index is -0.108. The van der Waals surface area contributed by atoms with Crippen molar-refractivity contribution < 1.29 is 0 Å². The van der Waals surface area contributed by atoms with Crippen LogP contribution in [-0.4, -0.2) is 44.5 Å². The molecule has 29 heavy (non-hydrogen) atoms. The smallest absolute Gasteiger partial charge is 0.264 e. The number of H-pyrrole nitrogens is 1. The summed E-state index contributed by atoms with van der Waals surface area (Å²) in [5.74, 6) is 0.823. The predicted molar refractivity (Wildman–Crippen MR) is 114 cm³/mol. The summed E-state index contributed by atoms with van der Waals surface area (Å²) in [6.07, 6.45) is 9.67. The van der Waals surface area contributed by atoms with Gasteiger partial charge in [0.1, 0.15) is 0 Å². The van der Waals surface area contributed by atoms with Gasteiger partial charge in [-0.25, -0.2) is 5.10 Å². The summed E-state index contributed by atoms with van der Waals surface area (Å²) >= 11 is 0. The Morgan fingerprint density at radius 1 is 1.24 bits per heavy atom. The molecule has 1 aliphatic carbocycles. The Kier molecular flexibility index (Phi) is 4.54. The Hall–Kier alpha value is -2.47. The van der Waals surface area contributed by atoms with Crippen molar-refractivity contribution in [3.05, 3.63) is 57.6 Å². The molecule has 1 saturated carbocycles. The third kappa shape index (κ3) is 3.50. The second-order valence-corrected chi connectivity index (χ2v) is 9.30. The summed E-state index contributed by atoms with van der Waals surface area (Å²) in [4.78, 5) is 13.9. The highest BCUT2D eigenvalue weighted by atomic mass is 16.1. The van der Waals surface area contributed by atoms with Gasteiger partial charge in [0.05, 0.1) is 17.9 Å². The second-order valence-electron chi connectivity index (χ2n) is 9.30. The lowest BCUT2D eigenvalue weighted by Crippen LogP contribution is -2.62. The number of rotatable bonds is 6. The number of nitrogens with one attached hydrogen (secondary N) is 1. The lowest BCUT2D eigenvalue weighted by Gasteiger charge is -2.59. The lowest BCUT2D eigenvalue weighted by molar-refractivity contribution is -0.0937. The molecule has 1 aromatic carbocycles. The van der Waals surface area contributed by atoms with Gasteiger partial charge < -0.3 is 4.90 Å². The van der Waals surface area contributed by atoms with Crippen LogP contribution in [0.3, 0.4) is 0 Å². The minimum absolute atomic E-state index is 0.108. The maximum absolute atomic E-state index is 11.3. The number of aromatic amines is 1. The summed E-state index contributed by atoms with van der Waals surface area (Å²) in [5.41, 5.74) is 5.68. The van der Waals surface area contributed by atoms with Crippen LogP contribution in [0.1, 0.15) is 36.0 Å². The summed E-state index contributed by atoms with van der Waals surface area (Å²) in [5, 5.41) is 12.0. The van der Waals surface area contributed by atoms with Crippen LogP contribution in [0, 0.1) is 18.3 Å². The first-order chi connectivity index (χ1) is 14.0. The molecule has 5 rings (SSSR count). The highest BCUT2D eigenvalue weighted by molar-refractivity contribution is 5.82. The molecule has 0 radical (unpaired) electrons. The van der Waals surface area contributed by atoms with Gasteiger partial charge in [-0.05, 0) is 73.6 Å². The first kappa shape index (κ1) is 18.6. The molecule has 1 saturated heterocycles. The number of aryl methyl sites for hydroxylation is 3. The Bertz CT molecular complexity index is 1080. The molecule has 1 spiro atoms. The molecule has 1 N–H and O–H groups in total. The largest absolute Gasteiger partial charge is 0.302 e. The first-order valence-corrected chi connectivity index (χ1v) is 10.7. The van der Waals surface area contributed by atoms with Gasteiger partial charge in [0.2, 0.25) is 0 Å². The van der Waals surface area contributed by atoms with Crippen LogP contribution in [0.15, 0.2) is 35.4 Å². The number of nitrogens with zero attached hydrogens (tertiary/aromatic N) is 4. The fourth-order valence-electron chi connectivity index (χ4n) is 5.72. The second kappa shape index (κ2) is 7.10. The molecule has 0 unspecified atom stereocenters. The highest BCUT2D eigenvalue weighted by Gasteiger charge is 2.51. The Morgan fingerprint density at radius 2 is 2.07 bits per heavy atom. The van der Waals surface area contributed by atoms with Crippen LogP contribution >= 0.6 is 0 Å². The van der Waals surface area contributed by atoms with E-state index in [1.807, 2.05) is 17.9 Å². The van der Waals surface area contributed by atoms with Crippen molar-refractivity contribution in [1.82, 2.24) is 24.9 Å². The monoisotopic (exact) mass is 391 g/mol. The van der Waals surface area contributed by atoms with E-state index in [4.69, 9.17) is 0 Å². The SMILES string of the molecule is Cc1c(CC2CC3(C2)CN(CCCc2cn[nH]c(=O)c2)C3)ccc2cnn(C)c12. The van der Waals surface area contributed by atoms with Gasteiger partial charge in [-0.15, -0.1) is 0 Å². The van der Waals surface area contributed by atoms with E-state index in [-0.39, 0.29) is 5.56 Å². The van der Waals surface area contributed by atoms with Crippen molar-refractivity contribution in [3.63, 3.8) is 0 Å². The zero-order valence-electron chi connectivity index (χ0n) is 17.3. The van der Waals surface area contributed by atoms with Gasteiger partial charge in [-0.2, -0.15) is 10.2 Å². The molecule has 3 heterocycles. The van der Waals surface area contributed by atoms with Gasteiger partial charge in [0, 0.05) is 31.6 Å². The van der Waals surface area contributed by atoms with E-state index >= 15 is 0 Å². The van der Waals surface area contributed by atoms with Crippen LogP contribution in [0.5, 0.6) is 0 Å². The van der Waals surface area contributed by atoms with Gasteiger partial charge >= 0.3 is 0 Å². The molecule has 2 aromatic heterocycles. The summed E-state index contributed by atoms with van der Waals surface area (Å²) in [6, 6.07) is 6.19. The molecule has 1 aliphatic heterocycles. The molecule has 2 aliphatic rings. The van der Waals surface area contributed by atoms with E-state index in [1.165, 1.54) is 54.4 Å². The third-order valence-corrected chi connectivity index (χ3v) is 7.00. The van der Waals surface area contributed by atoms with E-state index in [0.29, 0.717) is 5.41 Å². The number of benzene rings is 1. The first-order valence-electron chi connectivity index (χ1n) is 10.7. The normalized spacial score (nSPS) is 18.8. The molecule has 3 aromatic rings. The van der Waals surface area contributed by atoms with Crippen molar-refractivity contribution in [3.8, 4) is 0 Å². The molecule has 152 valence electrons. The van der Waals surface area contributed by atoms with Crippen LogP contribution < -0.4 is 5.56 Å². The van der Waals surface area contributed by atoms with E-state index in [0.717, 1.165) is 30.9 Å². The van der Waals surface area contributed by atoms with Gasteiger partial charge in [0.25, 0.3) is 5.56 Å². The van der Waals surface area contributed by atoms with Crippen molar-refractivity contribution in [2.45, 2.75) is 39.0 Å². The summed E-state index contributed by atoms with van der Waals surface area (Å²) < 4.78 is 2.00. The zero-order valence-corrected chi connectivity index (χ0v) is 17.3. The number of aromatic nitrogens is 4. The molecular formula is C23H29N5O. The van der Waals surface area contributed by atoms with E-state index in [1.54, 1.807) is 12.3 Å². The zero-order chi connectivity index (χ0) is 20.0. The number of fused-ring (bicyclic) bond motifs is 1. The van der Waals surface area contributed by atoms with Crippen molar-refractivity contribution in [2.75, 3.05) is 19.6 Å². The Morgan fingerprint density at radius 3 is 2.86 bits per heavy atom. The van der Waals surface area contributed by atoms with Crippen molar-refractivity contribution in [2.24, 2.45) is 18.4 Å². The van der Waals surface area contributed by atoms with E-state index in [9.17, 15) is 4.79 Å². The van der Waals surface area contributed by atoms with Gasteiger partial charge in [-0.3, -0.25) is 9.48 Å². The fraction of sp³-hybridized carbons (Fsp3) is 0.522. The van der Waals surface area contributed by atoms with Gasteiger partial charge in [-0.1, -0.05) is 12.1 Å². The van der Waals surface area contributed by atoms with E-state index < -0.39 is 0 Å². The number of hydrogen-bond donors (Lipinski definition) is 1. The van der Waals surface area contributed by atoms with Crippen LogP contribution in [0.4, 0.5) is 0 Å². The molecule has 6 nitrogen and oxygen atoms in total. The predicted octanol–water partition coefficient (Wildman–Crippen LogP) is 2.85. The standard InChI is InChI=1S/C23H29N5O/c1-16-19(5-6-20-13-25-27(2)22(16)20)8-18-10-23(11-18)14-28(15-23)7-3-4-17-9-21(29)26-24-12-17/h5-6,9,12-13,18H,3-4,7-8,10-11,14-15H2,1-2H3,(H,26,29). The molecule has 0 atom stereocenters. The molecule has 2 fully saturated rings. The Labute approximate surface area is 170 Å². The highest BCUT2D eigenvalue weighted by Crippen LogP contribution is 2.53. The fourth-order valence-corrected chi connectivity index (χ4v) is 5.72. The summed E-state index contributed by atoms with van der Waals surface area (Å²) in [6.45, 7) is 5.86. The Balaban J connectivity index is 1.09. The molecule has 0 bridgehead atoms. The lowest BCUT2D eigenvalue weighted by atomic mass is 9.56. The van der Waals surface area contributed by atoms with E-state index in [2.05, 4.69) is 39.3 Å². The maximum atomic E-state index is 11.3. The topological polar surface area (TPSA) is 66.8 Å². The van der Waals surface area contributed by atoms with Crippen LogP contribution in [0.2, 0.25) is 0 Å². The average molecular weight is 392 g/mol. The average Bonchev–Trinajstić information content (AvgIpc) is 3.01. The van der Waals surface area contributed by atoms with Crippen LogP contribution in [-0.2, 0) is 19.9 Å². The van der Waals surface area contributed by atoms with Crippen molar-refractivity contribution in [1.29, 1.82) is 0 Å². The van der Waals surface area contributed by atoms with Gasteiger partial charge in [0.15, 0.2) is 0 Å². The summed E-state index contributed by atoms with van der Waals surface area (Å²) in [7, 11) is 2.03. The quantitative estimate of drug-likeness (QED) is 0.702. The molecular weight excluding hydrogens is 362 g/mol. The van der Waals surface area contributed by atoms with Crippen LogP contribution in [0.25, 0.3) is 10.9 Å². The minimum Gasteiger partial charge on any atom is -0.302 e. The molecule has 0 amide bonds. The third-order valence-electron chi connectivity index (χ3n) is 7.00. The number of likely N-dealkylation sites (tertiary alicyclic amines) is 1. The molecule has 6 heteroatoms.